The number of halogens is 3. The van der Waals surface area contributed by atoms with Gasteiger partial charge in [0.15, 0.2) is 23.2 Å². The molecule has 2 saturated heterocycles. The number of ether oxygens (including phenoxy) is 3. The topological polar surface area (TPSA) is 115 Å². The van der Waals surface area contributed by atoms with Gasteiger partial charge < -0.3 is 19.1 Å². The lowest BCUT2D eigenvalue weighted by Gasteiger charge is -2.45. The molecule has 3 aliphatic heterocycles. The highest BCUT2D eigenvalue weighted by atomic mass is 19.4. The molecule has 1 N–H and O–H groups in total. The molecule has 216 valence electrons. The van der Waals surface area contributed by atoms with Crippen LogP contribution >= 0.6 is 0 Å². The Hall–Kier alpha value is -4.04. The molecule has 3 aromatic rings. The van der Waals surface area contributed by atoms with E-state index < -0.39 is 23.6 Å². The molecule has 3 aliphatic rings. The molecule has 6 rings (SSSR count). The Morgan fingerprint density at radius 2 is 2.07 bits per heavy atom. The van der Waals surface area contributed by atoms with Gasteiger partial charge in [0.05, 0.1) is 42.5 Å². The second-order valence-electron chi connectivity index (χ2n) is 10.5. The number of nitrogens with zero attached hydrogens (tertiary/aromatic N) is 6. The SMILES string of the molecule is CC1(C)OC[C@H](COc2cncc(NC(=O)N3c4nc(-c5cccc(C(F)(F)F)c5)ncc4N4CCC[C@H]3C4)n2)O1. The van der Waals surface area contributed by atoms with Crippen molar-refractivity contribution in [2.75, 3.05) is 41.4 Å². The largest absolute Gasteiger partial charge is 0.474 e. The number of amides is 2. The van der Waals surface area contributed by atoms with Crippen molar-refractivity contribution < 1.29 is 32.2 Å². The second-order valence-corrected chi connectivity index (χ2v) is 10.5. The van der Waals surface area contributed by atoms with Crippen LogP contribution in [0.3, 0.4) is 0 Å². The maximum absolute atomic E-state index is 13.7. The van der Waals surface area contributed by atoms with Crippen molar-refractivity contribution in [3.63, 3.8) is 0 Å². The van der Waals surface area contributed by atoms with Crippen molar-refractivity contribution in [1.29, 1.82) is 0 Å². The molecule has 41 heavy (non-hydrogen) atoms. The molecular formula is C27H28F3N7O4. The van der Waals surface area contributed by atoms with Crippen molar-refractivity contribution in [3.05, 3.63) is 48.4 Å². The van der Waals surface area contributed by atoms with Gasteiger partial charge in [-0.2, -0.15) is 18.2 Å². The lowest BCUT2D eigenvalue weighted by atomic mass is 10.0. The summed E-state index contributed by atoms with van der Waals surface area (Å²) in [6.07, 6.45) is 1.21. The van der Waals surface area contributed by atoms with Gasteiger partial charge in [-0.25, -0.2) is 14.8 Å². The van der Waals surface area contributed by atoms with E-state index in [2.05, 4.69) is 30.2 Å². The van der Waals surface area contributed by atoms with Gasteiger partial charge in [0, 0.05) is 18.7 Å². The van der Waals surface area contributed by atoms with Crippen molar-refractivity contribution in [2.24, 2.45) is 0 Å². The molecule has 2 fully saturated rings. The van der Waals surface area contributed by atoms with Crippen LogP contribution in [-0.2, 0) is 15.7 Å². The Morgan fingerprint density at radius 3 is 2.85 bits per heavy atom. The van der Waals surface area contributed by atoms with E-state index >= 15 is 0 Å². The zero-order valence-corrected chi connectivity index (χ0v) is 22.4. The van der Waals surface area contributed by atoms with Crippen molar-refractivity contribution in [2.45, 2.75) is 50.8 Å². The highest BCUT2D eigenvalue weighted by Crippen LogP contribution is 2.39. The van der Waals surface area contributed by atoms with Gasteiger partial charge in [-0.15, -0.1) is 0 Å². The third-order valence-corrected chi connectivity index (χ3v) is 7.08. The molecule has 1 aromatic carbocycles. The first-order valence-electron chi connectivity index (χ1n) is 13.2. The minimum Gasteiger partial charge on any atom is -0.474 e. The number of carbonyl (C=O) groups excluding carboxylic acids is 1. The predicted octanol–water partition coefficient (Wildman–Crippen LogP) is 4.50. The van der Waals surface area contributed by atoms with E-state index in [1.807, 2.05) is 13.8 Å². The van der Waals surface area contributed by atoms with Crippen molar-refractivity contribution in [3.8, 4) is 17.3 Å². The minimum atomic E-state index is -4.51. The quantitative estimate of drug-likeness (QED) is 0.473. The molecule has 0 aliphatic carbocycles. The molecular weight excluding hydrogens is 543 g/mol. The van der Waals surface area contributed by atoms with Gasteiger partial charge in [0.2, 0.25) is 5.88 Å². The first kappa shape index (κ1) is 27.1. The van der Waals surface area contributed by atoms with Crippen LogP contribution in [0.2, 0.25) is 0 Å². The molecule has 2 bridgehead atoms. The molecule has 5 heterocycles. The molecule has 14 heteroatoms. The van der Waals surface area contributed by atoms with Crippen LogP contribution in [0.1, 0.15) is 32.3 Å². The fourth-order valence-electron chi connectivity index (χ4n) is 5.23. The Balaban J connectivity index is 1.24. The number of piperidine rings is 1. The number of anilines is 3. The third kappa shape index (κ3) is 5.75. The smallest absolute Gasteiger partial charge is 0.416 e. The van der Waals surface area contributed by atoms with Crippen molar-refractivity contribution in [1.82, 2.24) is 19.9 Å². The molecule has 0 unspecified atom stereocenters. The summed E-state index contributed by atoms with van der Waals surface area (Å²) in [7, 11) is 0. The average Bonchev–Trinajstić information content (AvgIpc) is 3.30. The van der Waals surface area contributed by atoms with Crippen LogP contribution in [0, 0.1) is 0 Å². The number of rotatable bonds is 5. The Labute approximate surface area is 233 Å². The standard InChI is InChI=1S/C27H28F3N7O4/c1-26(2)40-15-19(41-26)14-39-22-12-31-11-21(33-22)34-25(38)37-18-7-4-8-36(13-18)20-10-32-23(35-24(20)37)16-5-3-6-17(9-16)27(28,29)30/h3,5-6,9-12,18-19H,4,7-8,13-15H2,1-2H3,(H,33,34,38)/t18-,19-/m0/s1. The number of benzene rings is 1. The van der Waals surface area contributed by atoms with Gasteiger partial charge in [0.25, 0.3) is 0 Å². The lowest BCUT2D eigenvalue weighted by molar-refractivity contribution is -0.141. The average molecular weight is 572 g/mol. The molecule has 2 aromatic heterocycles. The fourth-order valence-corrected chi connectivity index (χ4v) is 5.23. The molecule has 0 radical (unpaired) electrons. The summed E-state index contributed by atoms with van der Waals surface area (Å²) in [5.74, 6) is 0.100. The number of alkyl halides is 3. The van der Waals surface area contributed by atoms with E-state index in [-0.39, 0.29) is 41.8 Å². The zero-order chi connectivity index (χ0) is 28.8. The summed E-state index contributed by atoms with van der Waals surface area (Å²) in [6.45, 7) is 5.57. The van der Waals surface area contributed by atoms with Gasteiger partial charge in [-0.05, 0) is 38.8 Å². The minimum absolute atomic E-state index is 0.0882. The number of hydrogen-bond acceptors (Lipinski definition) is 9. The van der Waals surface area contributed by atoms with Gasteiger partial charge in [0.1, 0.15) is 12.7 Å². The van der Waals surface area contributed by atoms with E-state index in [0.717, 1.165) is 31.5 Å². The van der Waals surface area contributed by atoms with E-state index in [1.165, 1.54) is 29.4 Å². The van der Waals surface area contributed by atoms with Crippen LogP contribution in [0.25, 0.3) is 11.4 Å². The second kappa shape index (κ2) is 10.4. The van der Waals surface area contributed by atoms with Crippen LogP contribution in [0.5, 0.6) is 5.88 Å². The van der Waals surface area contributed by atoms with Crippen LogP contribution in [0.4, 0.5) is 35.3 Å². The van der Waals surface area contributed by atoms with Gasteiger partial charge in [-0.3, -0.25) is 15.2 Å². The Bertz CT molecular complexity index is 1450. The third-order valence-electron chi connectivity index (χ3n) is 7.08. The zero-order valence-electron chi connectivity index (χ0n) is 22.4. The number of hydrogen-bond donors (Lipinski definition) is 1. The number of urea groups is 1. The number of aromatic nitrogens is 4. The molecule has 11 nitrogen and oxygen atoms in total. The summed E-state index contributed by atoms with van der Waals surface area (Å²) in [5, 5.41) is 2.78. The normalized spacial score (nSPS) is 21.4. The molecule has 2 atom stereocenters. The number of nitrogens with one attached hydrogen (secondary N) is 1. The predicted molar refractivity (Wildman–Crippen MR) is 142 cm³/mol. The molecule has 2 amide bonds. The molecule has 0 saturated carbocycles. The van der Waals surface area contributed by atoms with E-state index in [9.17, 15) is 18.0 Å². The summed E-state index contributed by atoms with van der Waals surface area (Å²) >= 11 is 0. The van der Waals surface area contributed by atoms with E-state index in [0.29, 0.717) is 24.7 Å². The summed E-state index contributed by atoms with van der Waals surface area (Å²) in [5.41, 5.74) is 0.0316. The van der Waals surface area contributed by atoms with Gasteiger partial charge in [-0.1, -0.05) is 12.1 Å². The first-order chi connectivity index (χ1) is 19.6. The highest BCUT2D eigenvalue weighted by Gasteiger charge is 2.39. The van der Waals surface area contributed by atoms with Crippen LogP contribution < -0.4 is 19.9 Å². The van der Waals surface area contributed by atoms with Crippen LogP contribution in [-0.4, -0.2) is 70.2 Å². The molecule has 0 spiro atoms. The maximum atomic E-state index is 13.7. The van der Waals surface area contributed by atoms with Crippen LogP contribution in [0.15, 0.2) is 42.9 Å². The summed E-state index contributed by atoms with van der Waals surface area (Å²) < 4.78 is 57.0. The van der Waals surface area contributed by atoms with E-state index in [1.54, 1.807) is 6.20 Å². The monoisotopic (exact) mass is 571 g/mol. The first-order valence-corrected chi connectivity index (χ1v) is 13.2. The maximum Gasteiger partial charge on any atom is 0.416 e. The Morgan fingerprint density at radius 1 is 1.22 bits per heavy atom. The number of carbonyl (C=O) groups is 1. The van der Waals surface area contributed by atoms with E-state index in [4.69, 9.17) is 14.2 Å². The summed E-state index contributed by atoms with van der Waals surface area (Å²) in [4.78, 5) is 34.7. The lowest BCUT2D eigenvalue weighted by Crippen LogP contribution is -2.56. The Kier molecular flexibility index (Phi) is 6.90. The highest BCUT2D eigenvalue weighted by molar-refractivity contribution is 6.04. The fraction of sp³-hybridized carbons (Fsp3) is 0.444. The summed E-state index contributed by atoms with van der Waals surface area (Å²) in [6, 6.07) is 4.12. The van der Waals surface area contributed by atoms with Crippen molar-refractivity contribution >= 4 is 23.4 Å². The number of fused-ring (bicyclic) bond motifs is 4. The van der Waals surface area contributed by atoms with Gasteiger partial charge >= 0.3 is 12.2 Å².